The molecule has 1 aliphatic heterocycles. The number of hydrogen-bond acceptors (Lipinski definition) is 2. The monoisotopic (exact) mass is 683 g/mol. The molecule has 0 unspecified atom stereocenters. The van der Waals surface area contributed by atoms with Crippen molar-refractivity contribution in [2.45, 2.75) is 64.6 Å². The Morgan fingerprint density at radius 2 is 1.12 bits per heavy atom. The minimum atomic E-state index is -0.295. The number of nitrogens with zero attached hydrogens (tertiary/aromatic N) is 1. The smallest absolute Gasteiger partial charge is 0.0942 e. The van der Waals surface area contributed by atoms with Crippen LogP contribution in [0.15, 0.2) is 101 Å². The number of rotatable bonds is 10. The van der Waals surface area contributed by atoms with Crippen LogP contribution in [0.1, 0.15) is 75.6 Å². The summed E-state index contributed by atoms with van der Waals surface area (Å²) in [7, 11) is 0. The first-order chi connectivity index (χ1) is 20.3. The second-order valence-electron chi connectivity index (χ2n) is 11.0. The molecule has 0 bridgehead atoms. The van der Waals surface area contributed by atoms with Gasteiger partial charge < -0.3 is 9.64 Å². The molecule has 0 spiro atoms. The Morgan fingerprint density at radius 1 is 0.643 bits per heavy atom. The first kappa shape index (κ1) is 30.5. The van der Waals surface area contributed by atoms with E-state index in [-0.39, 0.29) is 11.2 Å². The number of anilines is 3. The molecule has 0 amide bonds. The molecule has 5 rings (SSSR count). The summed E-state index contributed by atoms with van der Waals surface area (Å²) in [4.78, 5) is 2.33. The topological polar surface area (TPSA) is 12.5 Å². The average Bonchev–Trinajstić information content (AvgIpc) is 3.32. The second-order valence-corrected chi connectivity index (χ2v) is 12.8. The first-order valence-electron chi connectivity index (χ1n) is 14.9. The Hall–Kier alpha value is -2.92. The summed E-state index contributed by atoms with van der Waals surface area (Å²) in [5.74, 6) is 0. The number of benzene rings is 4. The van der Waals surface area contributed by atoms with Gasteiger partial charge in [0, 0.05) is 25.9 Å². The summed E-state index contributed by atoms with van der Waals surface area (Å²) in [5.41, 5.74) is 9.74. The minimum absolute atomic E-state index is 0.247. The molecule has 216 valence electrons. The summed E-state index contributed by atoms with van der Waals surface area (Å²) in [5, 5.41) is 0. The SMILES string of the molecule is C=Cc1cc(-c2ccc3c(c2)C(CC)(CC)OC3(CC)CC)c(N(c2ccc(Br)cc2)c2ccc(Br)cc2)cc1C=C. The van der Waals surface area contributed by atoms with Crippen LogP contribution in [0, 0.1) is 0 Å². The van der Waals surface area contributed by atoms with Crippen LogP contribution in [0.3, 0.4) is 0 Å². The maximum absolute atomic E-state index is 7.07. The van der Waals surface area contributed by atoms with Crippen molar-refractivity contribution >= 4 is 61.1 Å². The van der Waals surface area contributed by atoms with E-state index in [0.29, 0.717) is 0 Å². The average molecular weight is 686 g/mol. The van der Waals surface area contributed by atoms with Gasteiger partial charge in [0.2, 0.25) is 0 Å². The molecule has 42 heavy (non-hydrogen) atoms. The van der Waals surface area contributed by atoms with Crippen LogP contribution in [0.2, 0.25) is 0 Å². The lowest BCUT2D eigenvalue weighted by atomic mass is 9.81. The summed E-state index contributed by atoms with van der Waals surface area (Å²) < 4.78 is 9.15. The number of fused-ring (bicyclic) bond motifs is 1. The molecular weight excluding hydrogens is 646 g/mol. The van der Waals surface area contributed by atoms with E-state index in [1.807, 2.05) is 12.2 Å². The molecule has 0 radical (unpaired) electrons. The van der Waals surface area contributed by atoms with Crippen molar-refractivity contribution in [2.24, 2.45) is 0 Å². The molecular formula is C38H39Br2NO. The van der Waals surface area contributed by atoms with E-state index in [2.05, 4.69) is 156 Å². The predicted octanol–water partition coefficient (Wildman–Crippen LogP) is 12.7. The minimum Gasteiger partial charge on any atom is -0.359 e. The van der Waals surface area contributed by atoms with E-state index in [9.17, 15) is 0 Å². The molecule has 0 aromatic heterocycles. The number of hydrogen-bond donors (Lipinski definition) is 0. The Kier molecular flexibility index (Phi) is 8.99. The van der Waals surface area contributed by atoms with Crippen LogP contribution in [-0.4, -0.2) is 0 Å². The maximum Gasteiger partial charge on any atom is 0.0942 e. The van der Waals surface area contributed by atoms with Gasteiger partial charge >= 0.3 is 0 Å². The quantitative estimate of drug-likeness (QED) is 0.165. The molecule has 1 heterocycles. The zero-order valence-corrected chi connectivity index (χ0v) is 28.2. The lowest BCUT2D eigenvalue weighted by Gasteiger charge is -2.34. The van der Waals surface area contributed by atoms with Gasteiger partial charge in [0.25, 0.3) is 0 Å². The van der Waals surface area contributed by atoms with E-state index >= 15 is 0 Å². The van der Waals surface area contributed by atoms with Crippen LogP contribution in [0.4, 0.5) is 17.1 Å². The highest BCUT2D eigenvalue weighted by Gasteiger charge is 2.49. The molecule has 0 atom stereocenters. The molecule has 0 saturated heterocycles. The van der Waals surface area contributed by atoms with E-state index in [1.165, 1.54) is 16.7 Å². The van der Waals surface area contributed by atoms with Crippen LogP contribution in [0.25, 0.3) is 23.3 Å². The molecule has 0 aliphatic carbocycles. The zero-order valence-electron chi connectivity index (χ0n) is 25.0. The standard InChI is InChI=1S/C38H39Br2NO/c1-7-26-23-33(28-13-22-34-35(24-28)38(11-5,12-6)42-37(34,9-3)10-4)36(25-27(26)8-2)41(31-18-14-29(39)15-19-31)32-20-16-30(40)17-21-32/h7-8,13-25H,1-2,9-12H2,3-6H3. The van der Waals surface area contributed by atoms with Crippen molar-refractivity contribution in [2.75, 3.05) is 4.90 Å². The highest BCUT2D eigenvalue weighted by molar-refractivity contribution is 9.10. The molecule has 1 aliphatic rings. The Balaban J connectivity index is 1.82. The highest BCUT2D eigenvalue weighted by Crippen LogP contribution is 2.55. The van der Waals surface area contributed by atoms with Crippen LogP contribution in [-0.2, 0) is 15.9 Å². The van der Waals surface area contributed by atoms with Crippen LogP contribution >= 0.6 is 31.9 Å². The van der Waals surface area contributed by atoms with Gasteiger partial charge in [0.1, 0.15) is 0 Å². The largest absolute Gasteiger partial charge is 0.359 e. The van der Waals surface area contributed by atoms with Gasteiger partial charge in [0.05, 0.1) is 16.9 Å². The Morgan fingerprint density at radius 3 is 1.60 bits per heavy atom. The third kappa shape index (κ3) is 5.23. The van der Waals surface area contributed by atoms with Crippen molar-refractivity contribution in [1.82, 2.24) is 0 Å². The van der Waals surface area contributed by atoms with Gasteiger partial charge in [-0.2, -0.15) is 0 Å². The molecule has 0 N–H and O–H groups in total. The number of halogens is 2. The van der Waals surface area contributed by atoms with Crippen molar-refractivity contribution in [3.63, 3.8) is 0 Å². The summed E-state index contributed by atoms with van der Waals surface area (Å²) in [6.45, 7) is 17.3. The number of ether oxygens (including phenoxy) is 1. The van der Waals surface area contributed by atoms with Crippen LogP contribution in [0.5, 0.6) is 0 Å². The van der Waals surface area contributed by atoms with Gasteiger partial charge in [-0.3, -0.25) is 0 Å². The van der Waals surface area contributed by atoms with Gasteiger partial charge in [-0.1, -0.05) is 97.0 Å². The van der Waals surface area contributed by atoms with Gasteiger partial charge in [-0.25, -0.2) is 0 Å². The van der Waals surface area contributed by atoms with E-state index < -0.39 is 0 Å². The van der Waals surface area contributed by atoms with E-state index in [4.69, 9.17) is 4.74 Å². The van der Waals surface area contributed by atoms with Crippen molar-refractivity contribution in [3.05, 3.63) is 123 Å². The molecule has 4 heteroatoms. The first-order valence-corrected chi connectivity index (χ1v) is 16.5. The maximum atomic E-state index is 7.07. The normalized spacial score (nSPS) is 14.8. The summed E-state index contributed by atoms with van der Waals surface area (Å²) in [6, 6.07) is 28.5. The Labute approximate surface area is 268 Å². The lowest BCUT2D eigenvalue weighted by molar-refractivity contribution is -0.151. The van der Waals surface area contributed by atoms with E-state index in [0.717, 1.165) is 68.4 Å². The van der Waals surface area contributed by atoms with Crippen molar-refractivity contribution in [3.8, 4) is 11.1 Å². The van der Waals surface area contributed by atoms with Crippen LogP contribution < -0.4 is 4.90 Å². The lowest BCUT2D eigenvalue weighted by Crippen LogP contribution is -2.31. The van der Waals surface area contributed by atoms with Gasteiger partial charge in [-0.05, 0) is 120 Å². The summed E-state index contributed by atoms with van der Waals surface area (Å²) >= 11 is 7.24. The Bertz CT molecular complexity index is 1550. The molecule has 0 saturated carbocycles. The highest BCUT2D eigenvalue weighted by atomic mass is 79.9. The van der Waals surface area contributed by atoms with E-state index in [1.54, 1.807) is 0 Å². The van der Waals surface area contributed by atoms with Crippen molar-refractivity contribution in [1.29, 1.82) is 0 Å². The molecule has 2 nitrogen and oxygen atoms in total. The zero-order chi connectivity index (χ0) is 30.1. The summed E-state index contributed by atoms with van der Waals surface area (Å²) in [6.07, 6.45) is 7.62. The predicted molar refractivity (Wildman–Crippen MR) is 188 cm³/mol. The molecule has 4 aromatic rings. The van der Waals surface area contributed by atoms with Crippen molar-refractivity contribution < 1.29 is 4.74 Å². The molecule has 0 fully saturated rings. The fourth-order valence-electron chi connectivity index (χ4n) is 6.52. The fraction of sp³-hybridized carbons (Fsp3) is 0.263. The molecule has 4 aromatic carbocycles. The third-order valence-electron chi connectivity index (χ3n) is 9.04. The third-order valence-corrected chi connectivity index (χ3v) is 10.1. The van der Waals surface area contributed by atoms with Gasteiger partial charge in [0.15, 0.2) is 0 Å². The fourth-order valence-corrected chi connectivity index (χ4v) is 7.05. The second kappa shape index (κ2) is 12.4. The van der Waals surface area contributed by atoms with Gasteiger partial charge in [-0.15, -0.1) is 0 Å².